The van der Waals surface area contributed by atoms with E-state index < -0.39 is 17.9 Å². The third-order valence-electron chi connectivity index (χ3n) is 3.81. The molecule has 2 aromatic carbocycles. The molecule has 1 aliphatic heterocycles. The number of rotatable bonds is 4. The number of fused-ring (bicyclic) bond motifs is 1. The second kappa shape index (κ2) is 7.97. The first-order valence-electron chi connectivity index (χ1n) is 7.95. The molecule has 0 saturated carbocycles. The van der Waals surface area contributed by atoms with Gasteiger partial charge in [-0.1, -0.05) is 40.2 Å². The molecule has 0 radical (unpaired) electrons. The van der Waals surface area contributed by atoms with Crippen LogP contribution in [0.25, 0.3) is 0 Å². The van der Waals surface area contributed by atoms with Gasteiger partial charge in [-0.05, 0) is 29.8 Å². The van der Waals surface area contributed by atoms with Gasteiger partial charge < -0.3 is 16.0 Å². The SMILES string of the molecule is O=C(/C=C/C(=O)NC1Cc2ccccc2NC1=O)Nc1cccc(Br)c1. The van der Waals surface area contributed by atoms with E-state index in [1.54, 1.807) is 18.2 Å². The number of carbonyl (C=O) groups is 3. The van der Waals surface area contributed by atoms with Gasteiger partial charge in [-0.2, -0.15) is 0 Å². The normalized spacial score (nSPS) is 15.9. The highest BCUT2D eigenvalue weighted by molar-refractivity contribution is 9.10. The smallest absolute Gasteiger partial charge is 0.248 e. The minimum atomic E-state index is -0.671. The maximum absolute atomic E-state index is 12.1. The number of carbonyl (C=O) groups excluding carboxylic acids is 3. The molecule has 0 saturated heterocycles. The predicted molar refractivity (Wildman–Crippen MR) is 103 cm³/mol. The standard InChI is InChI=1S/C19H16BrN3O3/c20-13-5-3-6-14(11-13)21-17(24)8-9-18(25)22-16-10-12-4-1-2-7-15(12)23-19(16)26/h1-9,11,16H,10H2,(H,21,24)(H,22,25)(H,23,26)/b9-8+. The summed E-state index contributed by atoms with van der Waals surface area (Å²) in [5.41, 5.74) is 2.32. The highest BCUT2D eigenvalue weighted by Crippen LogP contribution is 2.21. The van der Waals surface area contributed by atoms with E-state index in [4.69, 9.17) is 0 Å². The maximum Gasteiger partial charge on any atom is 0.248 e. The van der Waals surface area contributed by atoms with Crippen LogP contribution in [0, 0.1) is 0 Å². The molecule has 0 spiro atoms. The van der Waals surface area contributed by atoms with Crippen LogP contribution in [-0.2, 0) is 20.8 Å². The second-order valence-corrected chi connectivity index (χ2v) is 6.66. The van der Waals surface area contributed by atoms with Gasteiger partial charge in [-0.3, -0.25) is 14.4 Å². The fourth-order valence-corrected chi connectivity index (χ4v) is 2.99. The van der Waals surface area contributed by atoms with Crippen molar-refractivity contribution in [2.75, 3.05) is 10.6 Å². The summed E-state index contributed by atoms with van der Waals surface area (Å²) >= 11 is 3.32. The Labute approximate surface area is 158 Å². The highest BCUT2D eigenvalue weighted by atomic mass is 79.9. The van der Waals surface area contributed by atoms with Gasteiger partial charge in [0.15, 0.2) is 0 Å². The van der Waals surface area contributed by atoms with E-state index in [9.17, 15) is 14.4 Å². The number of hydrogen-bond donors (Lipinski definition) is 3. The minimum absolute atomic E-state index is 0.274. The Morgan fingerprint density at radius 2 is 1.85 bits per heavy atom. The zero-order chi connectivity index (χ0) is 18.5. The summed E-state index contributed by atoms with van der Waals surface area (Å²) in [5, 5.41) is 8.02. The molecule has 3 N–H and O–H groups in total. The first kappa shape index (κ1) is 17.9. The molecule has 3 amide bonds. The van der Waals surface area contributed by atoms with Crippen molar-refractivity contribution in [3.05, 3.63) is 70.7 Å². The first-order chi connectivity index (χ1) is 12.5. The number of anilines is 2. The van der Waals surface area contributed by atoms with Crippen LogP contribution in [0.4, 0.5) is 11.4 Å². The van der Waals surface area contributed by atoms with Crippen molar-refractivity contribution in [1.29, 1.82) is 0 Å². The molecule has 0 aromatic heterocycles. The maximum atomic E-state index is 12.1. The van der Waals surface area contributed by atoms with Crippen LogP contribution < -0.4 is 16.0 Å². The summed E-state index contributed by atoms with van der Waals surface area (Å²) in [4.78, 5) is 36.0. The van der Waals surface area contributed by atoms with Crippen molar-refractivity contribution < 1.29 is 14.4 Å². The van der Waals surface area contributed by atoms with Crippen molar-refractivity contribution >= 4 is 45.0 Å². The molecule has 1 heterocycles. The third kappa shape index (κ3) is 4.58. The van der Waals surface area contributed by atoms with Crippen LogP contribution in [-0.4, -0.2) is 23.8 Å². The number of amides is 3. The quantitative estimate of drug-likeness (QED) is 0.673. The molecule has 0 fully saturated rings. The molecule has 1 atom stereocenters. The van der Waals surface area contributed by atoms with Crippen LogP contribution >= 0.6 is 15.9 Å². The zero-order valence-corrected chi connectivity index (χ0v) is 15.2. The van der Waals surface area contributed by atoms with Gasteiger partial charge in [-0.25, -0.2) is 0 Å². The first-order valence-corrected chi connectivity index (χ1v) is 8.74. The van der Waals surface area contributed by atoms with Gasteiger partial charge in [0.25, 0.3) is 0 Å². The Bertz CT molecular complexity index is 895. The van der Waals surface area contributed by atoms with Crippen molar-refractivity contribution in [3.8, 4) is 0 Å². The molecule has 132 valence electrons. The molecule has 0 bridgehead atoms. The van der Waals surface area contributed by atoms with E-state index in [-0.39, 0.29) is 5.91 Å². The third-order valence-corrected chi connectivity index (χ3v) is 4.30. The Balaban J connectivity index is 1.56. The van der Waals surface area contributed by atoms with Crippen LogP contribution in [0.2, 0.25) is 0 Å². The Hall–Kier alpha value is -2.93. The van der Waals surface area contributed by atoms with Gasteiger partial charge in [0, 0.05) is 34.4 Å². The van der Waals surface area contributed by atoms with Crippen LogP contribution in [0.5, 0.6) is 0 Å². The van der Waals surface area contributed by atoms with E-state index in [2.05, 4.69) is 31.9 Å². The van der Waals surface area contributed by atoms with Crippen molar-refractivity contribution in [3.63, 3.8) is 0 Å². The topological polar surface area (TPSA) is 87.3 Å². The van der Waals surface area contributed by atoms with E-state index in [0.717, 1.165) is 27.9 Å². The molecule has 7 heteroatoms. The van der Waals surface area contributed by atoms with Gasteiger partial charge in [0.2, 0.25) is 17.7 Å². The number of hydrogen-bond acceptors (Lipinski definition) is 3. The largest absolute Gasteiger partial charge is 0.340 e. The summed E-state index contributed by atoms with van der Waals surface area (Å²) in [5.74, 6) is -1.21. The number of benzene rings is 2. The Morgan fingerprint density at radius 1 is 1.08 bits per heavy atom. The summed E-state index contributed by atoms with van der Waals surface area (Å²) in [6.45, 7) is 0. The van der Waals surface area contributed by atoms with Crippen LogP contribution in [0.1, 0.15) is 5.56 Å². The van der Waals surface area contributed by atoms with Crippen molar-refractivity contribution in [1.82, 2.24) is 5.32 Å². The summed E-state index contributed by atoms with van der Waals surface area (Å²) < 4.78 is 0.834. The Morgan fingerprint density at radius 3 is 2.65 bits per heavy atom. The molecule has 2 aromatic rings. The Kier molecular flexibility index (Phi) is 5.48. The van der Waals surface area contributed by atoms with Gasteiger partial charge in [0.1, 0.15) is 6.04 Å². The average molecular weight is 414 g/mol. The van der Waals surface area contributed by atoms with Crippen LogP contribution in [0.3, 0.4) is 0 Å². The minimum Gasteiger partial charge on any atom is -0.340 e. The fourth-order valence-electron chi connectivity index (χ4n) is 2.59. The molecule has 26 heavy (non-hydrogen) atoms. The summed E-state index contributed by atoms with van der Waals surface area (Å²) in [7, 11) is 0. The van der Waals surface area contributed by atoms with Crippen molar-refractivity contribution in [2.24, 2.45) is 0 Å². The molecule has 6 nitrogen and oxygen atoms in total. The van der Waals surface area contributed by atoms with Gasteiger partial charge >= 0.3 is 0 Å². The predicted octanol–water partition coefficient (Wildman–Crippen LogP) is 2.62. The lowest BCUT2D eigenvalue weighted by Crippen LogP contribution is -2.47. The molecular formula is C19H16BrN3O3. The van der Waals surface area contributed by atoms with Crippen molar-refractivity contribution in [2.45, 2.75) is 12.5 Å². The molecule has 1 unspecified atom stereocenters. The van der Waals surface area contributed by atoms with Gasteiger partial charge in [-0.15, -0.1) is 0 Å². The molecule has 1 aliphatic rings. The second-order valence-electron chi connectivity index (χ2n) is 5.74. The number of halogens is 1. The summed E-state index contributed by atoms with van der Waals surface area (Å²) in [6.07, 6.45) is 2.65. The molecular weight excluding hydrogens is 398 g/mol. The summed E-state index contributed by atoms with van der Waals surface area (Å²) in [6, 6.07) is 13.9. The lowest BCUT2D eigenvalue weighted by atomic mass is 9.99. The average Bonchev–Trinajstić information content (AvgIpc) is 2.61. The van der Waals surface area contributed by atoms with Crippen LogP contribution in [0.15, 0.2) is 65.2 Å². The van der Waals surface area contributed by atoms with E-state index >= 15 is 0 Å². The van der Waals surface area contributed by atoms with E-state index in [1.807, 2.05) is 30.3 Å². The monoisotopic (exact) mass is 413 g/mol. The molecule has 3 rings (SSSR count). The molecule has 0 aliphatic carbocycles. The fraction of sp³-hybridized carbons (Fsp3) is 0.105. The van der Waals surface area contributed by atoms with E-state index in [1.165, 1.54) is 0 Å². The lowest BCUT2D eigenvalue weighted by Gasteiger charge is -2.24. The number of para-hydroxylation sites is 1. The number of nitrogens with one attached hydrogen (secondary N) is 3. The van der Waals surface area contributed by atoms with E-state index in [0.29, 0.717) is 12.1 Å². The van der Waals surface area contributed by atoms with Gasteiger partial charge in [0.05, 0.1) is 0 Å². The zero-order valence-electron chi connectivity index (χ0n) is 13.7. The lowest BCUT2D eigenvalue weighted by molar-refractivity contribution is -0.124. The highest BCUT2D eigenvalue weighted by Gasteiger charge is 2.26.